The number of amides is 3. The Morgan fingerprint density at radius 1 is 0.900 bits per heavy atom. The van der Waals surface area contributed by atoms with Crippen LogP contribution in [0.5, 0.6) is 0 Å². The predicted molar refractivity (Wildman–Crippen MR) is 124 cm³/mol. The summed E-state index contributed by atoms with van der Waals surface area (Å²) in [5, 5.41) is 5.98. The zero-order chi connectivity index (χ0) is 21.9. The Morgan fingerprint density at radius 2 is 1.57 bits per heavy atom. The molecule has 5 nitrogen and oxygen atoms in total. The van der Waals surface area contributed by atoms with Crippen molar-refractivity contribution in [3.63, 3.8) is 0 Å². The lowest BCUT2D eigenvalue weighted by molar-refractivity contribution is -0.121. The summed E-state index contributed by atoms with van der Waals surface area (Å²) >= 11 is 0. The summed E-state index contributed by atoms with van der Waals surface area (Å²) in [6.07, 6.45) is 2.17. The summed E-state index contributed by atoms with van der Waals surface area (Å²) in [4.78, 5) is 26.9. The Labute approximate surface area is 180 Å². The van der Waals surface area contributed by atoms with Gasteiger partial charge in [-0.2, -0.15) is 0 Å². The number of carbonyl (C=O) groups excluding carboxylic acids is 2. The van der Waals surface area contributed by atoms with Gasteiger partial charge in [0, 0.05) is 25.2 Å². The summed E-state index contributed by atoms with van der Waals surface area (Å²) in [5.41, 5.74) is 3.07. The van der Waals surface area contributed by atoms with E-state index in [1.165, 1.54) is 5.56 Å². The van der Waals surface area contributed by atoms with Crippen LogP contribution >= 0.6 is 0 Å². The van der Waals surface area contributed by atoms with Gasteiger partial charge in [0.25, 0.3) is 0 Å². The van der Waals surface area contributed by atoms with Gasteiger partial charge in [0.2, 0.25) is 5.91 Å². The highest BCUT2D eigenvalue weighted by atomic mass is 16.2. The number of carbonyl (C=O) groups is 2. The van der Waals surface area contributed by atoms with Crippen molar-refractivity contribution in [3.8, 4) is 0 Å². The maximum absolute atomic E-state index is 12.8. The van der Waals surface area contributed by atoms with Crippen LogP contribution in [-0.2, 0) is 4.79 Å². The molecule has 0 fully saturated rings. The summed E-state index contributed by atoms with van der Waals surface area (Å²) < 4.78 is 0. The first kappa shape index (κ1) is 23.5. The average Bonchev–Trinajstić information content (AvgIpc) is 2.74. The minimum atomic E-state index is -0.162. The quantitative estimate of drug-likeness (QED) is 0.528. The van der Waals surface area contributed by atoms with Crippen molar-refractivity contribution in [3.05, 3.63) is 65.7 Å². The summed E-state index contributed by atoms with van der Waals surface area (Å²) in [6, 6.07) is 17.6. The second kappa shape index (κ2) is 12.0. The van der Waals surface area contributed by atoms with E-state index in [0.717, 1.165) is 24.1 Å². The Kier molecular flexibility index (Phi) is 9.39. The fraction of sp³-hybridized carbons (Fsp3) is 0.440. The number of hydrogen-bond acceptors (Lipinski definition) is 2. The van der Waals surface area contributed by atoms with Crippen LogP contribution in [0.15, 0.2) is 54.6 Å². The predicted octanol–water partition coefficient (Wildman–Crippen LogP) is 5.71. The standard InChI is InChI=1S/C25H35N3O2/c1-5-6-17-28(25(30)27-23-14-12-21(13-15-23)19(2)3)18-16-24(29)26-20(4)22-10-8-7-9-11-22/h7-15,19-20H,5-6,16-18H2,1-4H3,(H,26,29)(H,27,30). The molecular weight excluding hydrogens is 374 g/mol. The first-order valence-corrected chi connectivity index (χ1v) is 10.9. The zero-order valence-electron chi connectivity index (χ0n) is 18.7. The Hall–Kier alpha value is -2.82. The van der Waals surface area contributed by atoms with Gasteiger partial charge in [-0.15, -0.1) is 0 Å². The van der Waals surface area contributed by atoms with Crippen LogP contribution in [0.3, 0.4) is 0 Å². The van der Waals surface area contributed by atoms with Crippen LogP contribution in [0.2, 0.25) is 0 Å². The van der Waals surface area contributed by atoms with Gasteiger partial charge in [-0.05, 0) is 42.5 Å². The average molecular weight is 410 g/mol. The monoisotopic (exact) mass is 409 g/mol. The maximum atomic E-state index is 12.8. The van der Waals surface area contributed by atoms with Gasteiger partial charge in [-0.3, -0.25) is 4.79 Å². The third-order valence-corrected chi connectivity index (χ3v) is 5.18. The van der Waals surface area contributed by atoms with Crippen LogP contribution in [0.4, 0.5) is 10.5 Å². The van der Waals surface area contributed by atoms with E-state index in [-0.39, 0.29) is 24.4 Å². The molecule has 2 aromatic rings. The molecule has 0 aliphatic heterocycles. The second-order valence-electron chi connectivity index (χ2n) is 8.00. The SMILES string of the molecule is CCCCN(CCC(=O)NC(C)c1ccccc1)C(=O)Nc1ccc(C(C)C)cc1. The fourth-order valence-corrected chi connectivity index (χ4v) is 3.19. The van der Waals surface area contributed by atoms with Gasteiger partial charge >= 0.3 is 6.03 Å². The molecule has 2 aromatic carbocycles. The van der Waals surface area contributed by atoms with Crippen LogP contribution in [0.1, 0.15) is 70.0 Å². The summed E-state index contributed by atoms with van der Waals surface area (Å²) in [5.74, 6) is 0.398. The number of nitrogens with zero attached hydrogens (tertiary/aromatic N) is 1. The minimum Gasteiger partial charge on any atom is -0.350 e. The largest absolute Gasteiger partial charge is 0.350 e. The van der Waals surface area contributed by atoms with Gasteiger partial charge < -0.3 is 15.5 Å². The normalized spacial score (nSPS) is 11.8. The van der Waals surface area contributed by atoms with Crippen molar-refractivity contribution in [2.45, 2.75) is 58.9 Å². The molecule has 0 aliphatic rings. The van der Waals surface area contributed by atoms with E-state index in [2.05, 4.69) is 31.4 Å². The molecule has 1 atom stereocenters. The number of benzene rings is 2. The van der Waals surface area contributed by atoms with Gasteiger partial charge in [0.1, 0.15) is 0 Å². The topological polar surface area (TPSA) is 61.4 Å². The molecule has 0 heterocycles. The van der Waals surface area contributed by atoms with Crippen LogP contribution in [0, 0.1) is 0 Å². The molecule has 0 bridgehead atoms. The summed E-state index contributed by atoms with van der Waals surface area (Å²) in [6.45, 7) is 9.37. The Morgan fingerprint density at radius 3 is 2.17 bits per heavy atom. The van der Waals surface area contributed by atoms with E-state index in [0.29, 0.717) is 19.0 Å². The van der Waals surface area contributed by atoms with Crippen LogP contribution in [-0.4, -0.2) is 29.9 Å². The molecule has 0 aromatic heterocycles. The van der Waals surface area contributed by atoms with Crippen molar-refractivity contribution in [1.29, 1.82) is 0 Å². The van der Waals surface area contributed by atoms with Gasteiger partial charge in [0.05, 0.1) is 6.04 Å². The first-order chi connectivity index (χ1) is 14.4. The zero-order valence-corrected chi connectivity index (χ0v) is 18.7. The molecule has 2 rings (SSSR count). The smallest absolute Gasteiger partial charge is 0.321 e. The third-order valence-electron chi connectivity index (χ3n) is 5.18. The van der Waals surface area contributed by atoms with E-state index in [1.807, 2.05) is 61.5 Å². The van der Waals surface area contributed by atoms with E-state index >= 15 is 0 Å². The highest BCUT2D eigenvalue weighted by molar-refractivity contribution is 5.89. The summed E-state index contributed by atoms with van der Waals surface area (Å²) in [7, 11) is 0. The van der Waals surface area contributed by atoms with E-state index in [9.17, 15) is 9.59 Å². The van der Waals surface area contributed by atoms with Crippen molar-refractivity contribution in [2.75, 3.05) is 18.4 Å². The number of hydrogen-bond donors (Lipinski definition) is 2. The van der Waals surface area contributed by atoms with E-state index < -0.39 is 0 Å². The second-order valence-corrected chi connectivity index (χ2v) is 8.00. The molecule has 0 saturated carbocycles. The number of rotatable bonds is 10. The maximum Gasteiger partial charge on any atom is 0.321 e. The fourth-order valence-electron chi connectivity index (χ4n) is 3.19. The van der Waals surface area contributed by atoms with Crippen molar-refractivity contribution in [2.24, 2.45) is 0 Å². The highest BCUT2D eigenvalue weighted by Crippen LogP contribution is 2.17. The lowest BCUT2D eigenvalue weighted by Crippen LogP contribution is -2.39. The van der Waals surface area contributed by atoms with Crippen LogP contribution < -0.4 is 10.6 Å². The van der Waals surface area contributed by atoms with E-state index in [1.54, 1.807) is 4.90 Å². The number of unbranched alkanes of at least 4 members (excludes halogenated alkanes) is 1. The third kappa shape index (κ3) is 7.54. The van der Waals surface area contributed by atoms with Crippen molar-refractivity contribution >= 4 is 17.6 Å². The molecule has 0 saturated heterocycles. The highest BCUT2D eigenvalue weighted by Gasteiger charge is 2.16. The Bertz CT molecular complexity index is 788. The molecule has 5 heteroatoms. The first-order valence-electron chi connectivity index (χ1n) is 10.9. The van der Waals surface area contributed by atoms with Gasteiger partial charge in [-0.25, -0.2) is 4.79 Å². The number of nitrogens with one attached hydrogen (secondary N) is 2. The molecule has 162 valence electrons. The molecular formula is C25H35N3O2. The molecule has 1 unspecified atom stereocenters. The van der Waals surface area contributed by atoms with E-state index in [4.69, 9.17) is 0 Å². The van der Waals surface area contributed by atoms with Crippen LogP contribution in [0.25, 0.3) is 0 Å². The molecule has 3 amide bonds. The lowest BCUT2D eigenvalue weighted by Gasteiger charge is -2.23. The molecule has 30 heavy (non-hydrogen) atoms. The number of anilines is 1. The van der Waals surface area contributed by atoms with Gasteiger partial charge in [-0.1, -0.05) is 69.7 Å². The molecule has 0 aliphatic carbocycles. The molecule has 0 radical (unpaired) electrons. The van der Waals surface area contributed by atoms with Crippen molar-refractivity contribution in [1.82, 2.24) is 10.2 Å². The lowest BCUT2D eigenvalue weighted by atomic mass is 10.0. The molecule has 0 spiro atoms. The molecule has 2 N–H and O–H groups in total. The van der Waals surface area contributed by atoms with Gasteiger partial charge in [0.15, 0.2) is 0 Å². The minimum absolute atomic E-state index is 0.0538. The Balaban J connectivity index is 1.90. The number of urea groups is 1. The van der Waals surface area contributed by atoms with Crippen molar-refractivity contribution < 1.29 is 9.59 Å².